The van der Waals surface area contributed by atoms with E-state index in [-0.39, 0.29) is 24.3 Å². The number of amides is 2. The van der Waals surface area contributed by atoms with E-state index in [1.165, 1.54) is 18.3 Å². The van der Waals surface area contributed by atoms with Crippen molar-refractivity contribution >= 4 is 28.3 Å². The normalized spacial score (nSPS) is 15.0. The molecule has 1 aromatic heterocycles. The maximum absolute atomic E-state index is 12.2. The minimum atomic E-state index is -0.357. The summed E-state index contributed by atoms with van der Waals surface area (Å²) in [6, 6.07) is 9.09. The van der Waals surface area contributed by atoms with Gasteiger partial charge in [0.05, 0.1) is 12.5 Å². The number of carbonyl (C=O) groups excluding carboxylic acids is 2. The third-order valence-electron chi connectivity index (χ3n) is 3.58. The van der Waals surface area contributed by atoms with Gasteiger partial charge in [0.15, 0.2) is 0 Å². The van der Waals surface area contributed by atoms with Crippen LogP contribution < -0.4 is 10.6 Å². The second-order valence-corrected chi connectivity index (χ2v) is 6.64. The van der Waals surface area contributed by atoms with Crippen molar-refractivity contribution in [2.45, 2.75) is 38.1 Å². The Morgan fingerprint density at radius 3 is 2.65 bits per heavy atom. The van der Waals surface area contributed by atoms with Crippen LogP contribution >= 0.6 is 11.3 Å². The summed E-state index contributed by atoms with van der Waals surface area (Å²) >= 11 is 1.43. The highest BCUT2D eigenvalue weighted by molar-refractivity contribution is 7.15. The highest BCUT2D eigenvalue weighted by Crippen LogP contribution is 2.42. The molecule has 1 aromatic carbocycles. The van der Waals surface area contributed by atoms with Gasteiger partial charge in [0, 0.05) is 12.8 Å². The van der Waals surface area contributed by atoms with Gasteiger partial charge >= 0.3 is 0 Å². The Morgan fingerprint density at radius 2 is 2.00 bits per heavy atom. The molecule has 0 spiro atoms. The van der Waals surface area contributed by atoms with E-state index < -0.39 is 0 Å². The molecule has 0 unspecified atom stereocenters. The maximum Gasteiger partial charge on any atom is 0.228 e. The van der Waals surface area contributed by atoms with Gasteiger partial charge in [-0.1, -0.05) is 41.7 Å². The van der Waals surface area contributed by atoms with Gasteiger partial charge in [0.1, 0.15) is 5.01 Å². The monoisotopic (exact) mass is 330 g/mol. The quantitative estimate of drug-likeness (QED) is 0.853. The Labute approximate surface area is 138 Å². The van der Waals surface area contributed by atoms with Crippen molar-refractivity contribution in [2.24, 2.45) is 0 Å². The smallest absolute Gasteiger partial charge is 0.228 e. The first-order valence-corrected chi connectivity index (χ1v) is 8.39. The van der Waals surface area contributed by atoms with E-state index in [1.807, 2.05) is 30.3 Å². The van der Waals surface area contributed by atoms with Gasteiger partial charge in [-0.3, -0.25) is 9.59 Å². The van der Waals surface area contributed by atoms with Crippen molar-refractivity contribution in [1.82, 2.24) is 15.5 Å². The van der Waals surface area contributed by atoms with E-state index in [4.69, 9.17) is 0 Å². The fraction of sp³-hybridized carbons (Fsp3) is 0.375. The maximum atomic E-state index is 12.2. The first-order chi connectivity index (χ1) is 11.1. The predicted molar refractivity (Wildman–Crippen MR) is 88.1 cm³/mol. The topological polar surface area (TPSA) is 84.0 Å². The zero-order chi connectivity index (χ0) is 16.2. The van der Waals surface area contributed by atoms with Gasteiger partial charge in [0.2, 0.25) is 16.9 Å². The zero-order valence-electron chi connectivity index (χ0n) is 12.8. The molecule has 1 aliphatic rings. The lowest BCUT2D eigenvalue weighted by molar-refractivity contribution is -0.120. The van der Waals surface area contributed by atoms with E-state index >= 15 is 0 Å². The molecule has 0 bridgehead atoms. The third kappa shape index (κ3) is 4.35. The van der Waals surface area contributed by atoms with Crippen LogP contribution in [0, 0.1) is 0 Å². The molecule has 0 aliphatic heterocycles. The molecule has 6 nitrogen and oxygen atoms in total. The number of anilines is 1. The second kappa shape index (κ2) is 6.87. The molecule has 0 saturated heterocycles. The highest BCUT2D eigenvalue weighted by atomic mass is 32.1. The summed E-state index contributed by atoms with van der Waals surface area (Å²) in [6.07, 6.45) is 2.46. The number of hydrogen-bond acceptors (Lipinski definition) is 5. The Balaban J connectivity index is 1.63. The van der Waals surface area contributed by atoms with E-state index in [0.717, 1.165) is 23.4 Å². The molecule has 1 atom stereocenters. The molecule has 3 rings (SSSR count). The van der Waals surface area contributed by atoms with Gasteiger partial charge < -0.3 is 10.6 Å². The molecule has 2 aromatic rings. The second-order valence-electron chi connectivity index (χ2n) is 5.64. The molecule has 1 aliphatic carbocycles. The minimum absolute atomic E-state index is 0.155. The fourth-order valence-corrected chi connectivity index (χ4v) is 3.25. The number of nitrogens with zero attached hydrogens (tertiary/aromatic N) is 2. The van der Waals surface area contributed by atoms with E-state index in [0.29, 0.717) is 11.0 Å². The average molecular weight is 330 g/mol. The van der Waals surface area contributed by atoms with Crippen molar-refractivity contribution in [3.8, 4) is 0 Å². The van der Waals surface area contributed by atoms with Gasteiger partial charge in [-0.2, -0.15) is 0 Å². The lowest BCUT2D eigenvalue weighted by atomic mass is 10.0. The lowest BCUT2D eigenvalue weighted by Crippen LogP contribution is -2.29. The summed E-state index contributed by atoms with van der Waals surface area (Å²) in [4.78, 5) is 23.6. The molecule has 1 saturated carbocycles. The summed E-state index contributed by atoms with van der Waals surface area (Å²) in [7, 11) is 0. The molecule has 23 heavy (non-hydrogen) atoms. The van der Waals surface area contributed by atoms with Crippen molar-refractivity contribution < 1.29 is 9.59 Å². The van der Waals surface area contributed by atoms with Crippen LogP contribution in [-0.4, -0.2) is 22.0 Å². The molecular formula is C16H18N4O2S. The van der Waals surface area contributed by atoms with Crippen molar-refractivity contribution in [2.75, 3.05) is 5.32 Å². The van der Waals surface area contributed by atoms with Gasteiger partial charge in [-0.15, -0.1) is 10.2 Å². The van der Waals surface area contributed by atoms with Crippen LogP contribution in [0.15, 0.2) is 30.3 Å². The average Bonchev–Trinajstić information content (AvgIpc) is 3.27. The first-order valence-electron chi connectivity index (χ1n) is 7.57. The van der Waals surface area contributed by atoms with Crippen LogP contribution in [0.2, 0.25) is 0 Å². The van der Waals surface area contributed by atoms with Gasteiger partial charge in [0.25, 0.3) is 0 Å². The predicted octanol–water partition coefficient (Wildman–Crippen LogP) is 2.62. The van der Waals surface area contributed by atoms with Crippen LogP contribution in [0.25, 0.3) is 0 Å². The standard InChI is InChI=1S/C16H18N4O2S/c1-10(21)17-13(11-5-3-2-4-6-11)9-14(22)18-16-20-19-15(23-16)12-7-8-12/h2-6,12-13H,7-9H2,1H3,(H,17,21)(H,18,20,22)/t13-/m0/s1. The van der Waals surface area contributed by atoms with Gasteiger partial charge in [-0.25, -0.2) is 0 Å². The largest absolute Gasteiger partial charge is 0.349 e. The number of carbonyl (C=O) groups is 2. The van der Waals surface area contributed by atoms with Crippen molar-refractivity contribution in [3.63, 3.8) is 0 Å². The Kier molecular flexibility index (Phi) is 4.66. The lowest BCUT2D eigenvalue weighted by Gasteiger charge is -2.17. The number of hydrogen-bond donors (Lipinski definition) is 2. The van der Waals surface area contributed by atoms with Crippen LogP contribution in [0.5, 0.6) is 0 Å². The molecule has 2 amide bonds. The van der Waals surface area contributed by atoms with Gasteiger partial charge in [-0.05, 0) is 18.4 Å². The van der Waals surface area contributed by atoms with Crippen LogP contribution in [-0.2, 0) is 9.59 Å². The number of aromatic nitrogens is 2. The number of nitrogens with one attached hydrogen (secondary N) is 2. The van der Waals surface area contributed by atoms with E-state index in [1.54, 1.807) is 0 Å². The minimum Gasteiger partial charge on any atom is -0.349 e. The molecule has 7 heteroatoms. The first kappa shape index (κ1) is 15.6. The Bertz CT molecular complexity index is 697. The van der Waals surface area contributed by atoms with Crippen LogP contribution in [0.4, 0.5) is 5.13 Å². The van der Waals surface area contributed by atoms with E-state index in [9.17, 15) is 9.59 Å². The summed E-state index contributed by atoms with van der Waals surface area (Å²) < 4.78 is 0. The summed E-state index contributed by atoms with van der Waals surface area (Å²) in [5.74, 6) is 0.166. The van der Waals surface area contributed by atoms with Crippen molar-refractivity contribution in [1.29, 1.82) is 0 Å². The molecule has 2 N–H and O–H groups in total. The molecule has 0 radical (unpaired) electrons. The number of rotatable bonds is 6. The Hall–Kier alpha value is -2.28. The SMILES string of the molecule is CC(=O)N[C@@H](CC(=O)Nc1nnc(C2CC2)s1)c1ccccc1. The van der Waals surface area contributed by atoms with Crippen LogP contribution in [0.1, 0.15) is 48.7 Å². The fourth-order valence-electron chi connectivity index (χ4n) is 2.32. The molecular weight excluding hydrogens is 312 g/mol. The molecule has 120 valence electrons. The van der Waals surface area contributed by atoms with E-state index in [2.05, 4.69) is 20.8 Å². The summed E-state index contributed by atoms with van der Waals surface area (Å²) in [5.41, 5.74) is 0.897. The molecule has 1 fully saturated rings. The third-order valence-corrected chi connectivity index (χ3v) is 4.58. The Morgan fingerprint density at radius 1 is 1.26 bits per heavy atom. The molecule has 1 heterocycles. The summed E-state index contributed by atoms with van der Waals surface area (Å²) in [5, 5.41) is 15.2. The van der Waals surface area contributed by atoms with Crippen LogP contribution in [0.3, 0.4) is 0 Å². The summed E-state index contributed by atoms with van der Waals surface area (Å²) in [6.45, 7) is 1.44. The van der Waals surface area contributed by atoms with Crippen molar-refractivity contribution in [3.05, 3.63) is 40.9 Å². The number of benzene rings is 1. The zero-order valence-corrected chi connectivity index (χ0v) is 13.6. The highest BCUT2D eigenvalue weighted by Gasteiger charge is 2.28.